The summed E-state index contributed by atoms with van der Waals surface area (Å²) >= 11 is 0. The maximum atomic E-state index is 11.0. The first-order valence-corrected chi connectivity index (χ1v) is 6.92. The highest BCUT2D eigenvalue weighted by atomic mass is 16.7. The summed E-state index contributed by atoms with van der Waals surface area (Å²) in [5.41, 5.74) is 0. The molecule has 0 saturated carbocycles. The maximum absolute atomic E-state index is 11.0. The molecule has 2 saturated heterocycles. The zero-order valence-electron chi connectivity index (χ0n) is 12.0. The van der Waals surface area contributed by atoms with Gasteiger partial charge in [0.05, 0.1) is 6.10 Å². The Hall–Kier alpha value is -0.890. The van der Waals surface area contributed by atoms with Gasteiger partial charge in [0, 0.05) is 0 Å². The number of carbonyl (C=O) groups is 1. The van der Waals surface area contributed by atoms with Crippen LogP contribution in [0.2, 0.25) is 0 Å². The lowest BCUT2D eigenvalue weighted by molar-refractivity contribution is -0.347. The standard InChI is InChI=1S/C12H20O11/c1-2-8(5(15)6(16)11(20)21-2)22-12-7(17)3(13)4(14)9(23-12)10(18)19/h2-9,11-17,20H,1H3,(H,18,19). The molecule has 0 spiro atoms. The molecular formula is C12H20O11. The van der Waals surface area contributed by atoms with Crippen molar-refractivity contribution in [3.8, 4) is 0 Å². The number of rotatable bonds is 3. The Labute approximate surface area is 130 Å². The first-order valence-electron chi connectivity index (χ1n) is 6.92. The predicted molar refractivity (Wildman–Crippen MR) is 67.8 cm³/mol. The van der Waals surface area contributed by atoms with Gasteiger partial charge in [-0.25, -0.2) is 4.79 Å². The van der Waals surface area contributed by atoms with E-state index in [0.717, 1.165) is 0 Å². The molecule has 0 bridgehead atoms. The first-order chi connectivity index (χ1) is 10.6. The Morgan fingerprint density at radius 1 is 0.870 bits per heavy atom. The Morgan fingerprint density at radius 3 is 2.04 bits per heavy atom. The molecule has 0 aliphatic carbocycles. The highest BCUT2D eigenvalue weighted by Gasteiger charge is 2.51. The van der Waals surface area contributed by atoms with Gasteiger partial charge in [-0.3, -0.25) is 0 Å². The molecular weight excluding hydrogens is 320 g/mol. The van der Waals surface area contributed by atoms with Crippen LogP contribution in [0.1, 0.15) is 6.92 Å². The molecule has 7 N–H and O–H groups in total. The van der Waals surface area contributed by atoms with E-state index in [0.29, 0.717) is 0 Å². The van der Waals surface area contributed by atoms with Gasteiger partial charge in [-0.1, -0.05) is 0 Å². The molecule has 0 radical (unpaired) electrons. The average Bonchev–Trinajstić information content (AvgIpc) is 2.48. The monoisotopic (exact) mass is 340 g/mol. The topological polar surface area (TPSA) is 186 Å². The van der Waals surface area contributed by atoms with Crippen molar-refractivity contribution in [2.45, 2.75) is 68.3 Å². The first kappa shape index (κ1) is 18.4. The normalized spacial score (nSPS) is 51.4. The van der Waals surface area contributed by atoms with Gasteiger partial charge < -0.3 is 50.0 Å². The van der Waals surface area contributed by atoms with Crippen molar-refractivity contribution in [3.05, 3.63) is 0 Å². The van der Waals surface area contributed by atoms with Crippen LogP contribution in [0.3, 0.4) is 0 Å². The van der Waals surface area contributed by atoms with Crippen molar-refractivity contribution in [3.63, 3.8) is 0 Å². The molecule has 2 aliphatic rings. The molecule has 11 nitrogen and oxygen atoms in total. The van der Waals surface area contributed by atoms with Gasteiger partial charge in [-0.05, 0) is 6.92 Å². The molecule has 0 amide bonds. The van der Waals surface area contributed by atoms with Crippen LogP contribution in [0.5, 0.6) is 0 Å². The van der Waals surface area contributed by atoms with Crippen LogP contribution >= 0.6 is 0 Å². The Morgan fingerprint density at radius 2 is 1.48 bits per heavy atom. The zero-order valence-corrected chi connectivity index (χ0v) is 12.0. The minimum Gasteiger partial charge on any atom is -0.479 e. The summed E-state index contributed by atoms with van der Waals surface area (Å²) in [6.07, 6.45) is -16.3. The van der Waals surface area contributed by atoms with Gasteiger partial charge in [0.2, 0.25) is 0 Å². The lowest BCUT2D eigenvalue weighted by Gasteiger charge is -2.44. The third-order valence-electron chi connectivity index (χ3n) is 3.90. The van der Waals surface area contributed by atoms with E-state index < -0.39 is 67.4 Å². The fourth-order valence-corrected chi connectivity index (χ4v) is 2.53. The van der Waals surface area contributed by atoms with E-state index in [1.54, 1.807) is 0 Å². The summed E-state index contributed by atoms with van der Waals surface area (Å²) in [4.78, 5) is 11.0. The van der Waals surface area contributed by atoms with E-state index in [2.05, 4.69) is 0 Å². The molecule has 11 heteroatoms. The van der Waals surface area contributed by atoms with Gasteiger partial charge in [0.25, 0.3) is 0 Å². The summed E-state index contributed by atoms with van der Waals surface area (Å²) in [7, 11) is 0. The second kappa shape index (κ2) is 6.93. The number of aliphatic hydroxyl groups excluding tert-OH is 6. The van der Waals surface area contributed by atoms with Crippen LogP contribution in [0.4, 0.5) is 0 Å². The summed E-state index contributed by atoms with van der Waals surface area (Å²) in [6.45, 7) is 1.40. The van der Waals surface area contributed by atoms with Gasteiger partial charge in [0.1, 0.15) is 36.6 Å². The van der Waals surface area contributed by atoms with E-state index in [4.69, 9.17) is 19.3 Å². The van der Waals surface area contributed by atoms with Crippen LogP contribution < -0.4 is 0 Å². The van der Waals surface area contributed by atoms with Gasteiger partial charge in [-0.2, -0.15) is 0 Å². The SMILES string of the molecule is CC1OC(O)C(O)C(O)C1OC1OC(C(=O)O)C(O)C(O)C1O. The minimum atomic E-state index is -1.88. The van der Waals surface area contributed by atoms with Gasteiger partial charge in [0.15, 0.2) is 18.7 Å². The molecule has 2 heterocycles. The van der Waals surface area contributed by atoms with E-state index in [9.17, 15) is 35.4 Å². The van der Waals surface area contributed by atoms with Crippen molar-refractivity contribution in [2.24, 2.45) is 0 Å². The Balaban J connectivity index is 2.12. The molecule has 23 heavy (non-hydrogen) atoms. The zero-order chi connectivity index (χ0) is 17.5. The summed E-state index contributed by atoms with van der Waals surface area (Å²) < 4.78 is 15.1. The summed E-state index contributed by atoms with van der Waals surface area (Å²) in [6, 6.07) is 0. The lowest BCUT2D eigenvalue weighted by atomic mass is 9.97. The predicted octanol–water partition coefficient (Wildman–Crippen LogP) is -4.28. The number of aliphatic hydroxyl groups is 6. The van der Waals surface area contributed by atoms with Crippen LogP contribution in [0.25, 0.3) is 0 Å². The summed E-state index contributed by atoms with van der Waals surface area (Å²) in [5.74, 6) is -1.58. The van der Waals surface area contributed by atoms with Crippen LogP contribution in [0.15, 0.2) is 0 Å². The second-order valence-corrected chi connectivity index (χ2v) is 5.55. The van der Waals surface area contributed by atoms with Crippen LogP contribution in [0, 0.1) is 0 Å². The Bertz CT molecular complexity index is 431. The number of aliphatic carboxylic acids is 1. The van der Waals surface area contributed by atoms with Crippen molar-refractivity contribution in [2.75, 3.05) is 0 Å². The fraction of sp³-hybridized carbons (Fsp3) is 0.917. The molecule has 134 valence electrons. The van der Waals surface area contributed by atoms with Crippen LogP contribution in [-0.4, -0.2) is 103 Å². The number of carboxylic acids is 1. The number of hydrogen-bond donors (Lipinski definition) is 7. The number of carboxylic acid groups (broad SMARTS) is 1. The van der Waals surface area contributed by atoms with E-state index in [1.807, 2.05) is 0 Å². The van der Waals surface area contributed by atoms with E-state index in [1.165, 1.54) is 6.92 Å². The van der Waals surface area contributed by atoms with Crippen molar-refractivity contribution >= 4 is 5.97 Å². The van der Waals surface area contributed by atoms with Crippen LogP contribution in [-0.2, 0) is 19.0 Å². The summed E-state index contributed by atoms with van der Waals surface area (Å²) in [5, 5.41) is 66.9. The molecule has 10 unspecified atom stereocenters. The molecule has 2 aliphatic heterocycles. The van der Waals surface area contributed by atoms with Crippen molar-refractivity contribution < 1.29 is 54.8 Å². The second-order valence-electron chi connectivity index (χ2n) is 5.55. The van der Waals surface area contributed by atoms with Gasteiger partial charge in [-0.15, -0.1) is 0 Å². The van der Waals surface area contributed by atoms with E-state index in [-0.39, 0.29) is 0 Å². The van der Waals surface area contributed by atoms with Crippen molar-refractivity contribution in [1.29, 1.82) is 0 Å². The number of ether oxygens (including phenoxy) is 3. The van der Waals surface area contributed by atoms with E-state index >= 15 is 0 Å². The molecule has 0 aromatic carbocycles. The average molecular weight is 340 g/mol. The molecule has 0 aromatic rings. The Kier molecular flexibility index (Phi) is 5.56. The largest absolute Gasteiger partial charge is 0.479 e. The highest BCUT2D eigenvalue weighted by molar-refractivity contribution is 5.73. The number of hydrogen-bond acceptors (Lipinski definition) is 10. The molecule has 10 atom stereocenters. The highest BCUT2D eigenvalue weighted by Crippen LogP contribution is 2.28. The van der Waals surface area contributed by atoms with Crippen molar-refractivity contribution in [1.82, 2.24) is 0 Å². The molecule has 2 fully saturated rings. The van der Waals surface area contributed by atoms with Gasteiger partial charge >= 0.3 is 5.97 Å². The lowest BCUT2D eigenvalue weighted by Crippen LogP contribution is -2.64. The third-order valence-corrected chi connectivity index (χ3v) is 3.90. The quantitative estimate of drug-likeness (QED) is 0.263. The maximum Gasteiger partial charge on any atom is 0.335 e. The molecule has 2 rings (SSSR count). The minimum absolute atomic E-state index is 0.938. The smallest absolute Gasteiger partial charge is 0.335 e. The molecule has 0 aromatic heterocycles. The fourth-order valence-electron chi connectivity index (χ4n) is 2.53. The third kappa shape index (κ3) is 3.47.